The number of carbonyl (C=O) groups is 5. The third-order valence-electron chi connectivity index (χ3n) is 5.53. The zero-order valence-corrected chi connectivity index (χ0v) is 20.1. The van der Waals surface area contributed by atoms with Crippen molar-refractivity contribution in [3.63, 3.8) is 0 Å². The van der Waals surface area contributed by atoms with Gasteiger partial charge in [0.05, 0.1) is 0 Å². The van der Waals surface area contributed by atoms with Crippen molar-refractivity contribution >= 4 is 29.7 Å². The normalized spacial score (nSPS) is 17.4. The summed E-state index contributed by atoms with van der Waals surface area (Å²) in [6, 6.07) is 6.01. The first-order valence-corrected chi connectivity index (χ1v) is 11.4. The maximum atomic E-state index is 13.0. The molecule has 34 heavy (non-hydrogen) atoms. The van der Waals surface area contributed by atoms with Crippen LogP contribution in [0.3, 0.4) is 0 Å². The summed E-state index contributed by atoms with van der Waals surface area (Å²) in [5.74, 6) is -2.60. The van der Waals surface area contributed by atoms with Crippen LogP contribution < -0.4 is 16.4 Å². The number of benzene rings is 1. The zero-order valence-electron chi connectivity index (χ0n) is 20.1. The van der Waals surface area contributed by atoms with E-state index in [2.05, 4.69) is 10.6 Å². The quantitative estimate of drug-likeness (QED) is 0.468. The van der Waals surface area contributed by atoms with Crippen LogP contribution in [0, 0.1) is 11.8 Å². The number of amides is 5. The van der Waals surface area contributed by atoms with Crippen LogP contribution >= 0.6 is 0 Å². The Morgan fingerprint density at radius 2 is 1.74 bits per heavy atom. The topological polar surface area (TPSA) is 148 Å². The summed E-state index contributed by atoms with van der Waals surface area (Å²) in [6.07, 6.45) is -0.426. The summed E-state index contributed by atoms with van der Waals surface area (Å²) >= 11 is 0. The molecule has 0 unspecified atom stereocenters. The number of likely N-dealkylation sites (tertiary alicyclic amines) is 1. The minimum atomic E-state index is -1.09. The number of carbonyl (C=O) groups excluding carboxylic acids is 5. The second-order valence-corrected chi connectivity index (χ2v) is 9.18. The summed E-state index contributed by atoms with van der Waals surface area (Å²) in [5, 5.41) is 5.24. The van der Waals surface area contributed by atoms with Crippen molar-refractivity contribution in [3.8, 4) is 0 Å². The second-order valence-electron chi connectivity index (χ2n) is 9.18. The molecule has 4 N–H and O–H groups in total. The van der Waals surface area contributed by atoms with Gasteiger partial charge >= 0.3 is 6.09 Å². The molecule has 0 saturated carbocycles. The Labute approximate surface area is 199 Å². The second kappa shape index (κ2) is 12.2. The molecule has 1 fully saturated rings. The van der Waals surface area contributed by atoms with Crippen molar-refractivity contribution < 1.29 is 28.7 Å². The van der Waals surface area contributed by atoms with E-state index in [-0.39, 0.29) is 31.3 Å². The van der Waals surface area contributed by atoms with E-state index < -0.39 is 47.8 Å². The van der Waals surface area contributed by atoms with Crippen molar-refractivity contribution in [2.45, 2.75) is 71.7 Å². The van der Waals surface area contributed by atoms with Crippen molar-refractivity contribution in [1.29, 1.82) is 0 Å². The zero-order chi connectivity index (χ0) is 25.4. The summed E-state index contributed by atoms with van der Waals surface area (Å²) in [7, 11) is 0. The van der Waals surface area contributed by atoms with Crippen LogP contribution in [0.25, 0.3) is 0 Å². The summed E-state index contributed by atoms with van der Waals surface area (Å²) in [5.41, 5.74) is 6.15. The van der Waals surface area contributed by atoms with Crippen LogP contribution in [0.15, 0.2) is 30.3 Å². The Kier molecular flexibility index (Phi) is 9.58. The minimum absolute atomic E-state index is 0.00913. The third-order valence-corrected chi connectivity index (χ3v) is 5.53. The Bertz CT molecular complexity index is 902. The van der Waals surface area contributed by atoms with Gasteiger partial charge in [-0.15, -0.1) is 0 Å². The summed E-state index contributed by atoms with van der Waals surface area (Å²) in [4.78, 5) is 63.3. The molecular formula is C24H34N4O6. The molecule has 0 spiro atoms. The molecule has 3 atom stereocenters. The largest absolute Gasteiger partial charge is 0.444 e. The van der Waals surface area contributed by atoms with Gasteiger partial charge < -0.3 is 21.1 Å². The Morgan fingerprint density at radius 1 is 1.09 bits per heavy atom. The van der Waals surface area contributed by atoms with E-state index in [1.165, 1.54) is 0 Å². The molecule has 1 heterocycles. The smallest absolute Gasteiger partial charge is 0.417 e. The van der Waals surface area contributed by atoms with Gasteiger partial charge in [-0.3, -0.25) is 19.2 Å². The van der Waals surface area contributed by atoms with Crippen LogP contribution in [0.2, 0.25) is 0 Å². The number of primary amides is 1. The van der Waals surface area contributed by atoms with E-state index in [1.54, 1.807) is 38.1 Å². The fraction of sp³-hybridized carbons (Fsp3) is 0.542. The SMILES string of the molecule is CC(C)C[C@@H](NC(=O)[C@H](NC(=O)[C@@H]1CCC(=O)N1C(=O)OCc1ccccc1)C(C)C)C(N)=O. The van der Waals surface area contributed by atoms with E-state index in [1.807, 2.05) is 19.9 Å². The standard InChI is InChI=1S/C24H34N4O6/c1-14(2)12-17(21(25)30)26-23(32)20(15(3)4)27-22(31)18-10-11-19(29)28(18)24(33)34-13-16-8-6-5-7-9-16/h5-9,14-15,17-18,20H,10-13H2,1-4H3,(H2,25,30)(H,26,32)(H,27,31)/t17-,18+,20-/m1/s1. The maximum absolute atomic E-state index is 13.0. The van der Waals surface area contributed by atoms with Gasteiger partial charge in [-0.1, -0.05) is 58.0 Å². The van der Waals surface area contributed by atoms with E-state index >= 15 is 0 Å². The van der Waals surface area contributed by atoms with Crippen LogP contribution in [0.5, 0.6) is 0 Å². The molecule has 0 bridgehead atoms. The molecule has 1 aromatic rings. The highest BCUT2D eigenvalue weighted by atomic mass is 16.6. The molecule has 0 radical (unpaired) electrons. The Hall–Kier alpha value is -3.43. The molecule has 1 aromatic carbocycles. The first kappa shape index (κ1) is 26.8. The van der Waals surface area contributed by atoms with Crippen molar-refractivity contribution in [2.24, 2.45) is 17.6 Å². The highest BCUT2D eigenvalue weighted by molar-refractivity contribution is 6.01. The van der Waals surface area contributed by atoms with Crippen LogP contribution in [-0.4, -0.2) is 52.7 Å². The molecule has 1 aliphatic heterocycles. The number of hydrogen-bond acceptors (Lipinski definition) is 6. The van der Waals surface area contributed by atoms with Gasteiger partial charge in [-0.25, -0.2) is 9.69 Å². The molecule has 10 heteroatoms. The highest BCUT2D eigenvalue weighted by Gasteiger charge is 2.42. The van der Waals surface area contributed by atoms with E-state index in [0.29, 0.717) is 6.42 Å². The fourth-order valence-electron chi connectivity index (χ4n) is 3.71. The lowest BCUT2D eigenvalue weighted by molar-refractivity contribution is -0.136. The number of hydrogen-bond donors (Lipinski definition) is 3. The van der Waals surface area contributed by atoms with Crippen LogP contribution in [-0.2, 0) is 30.5 Å². The molecule has 1 aliphatic rings. The molecule has 0 aromatic heterocycles. The number of rotatable bonds is 10. The number of nitrogens with zero attached hydrogens (tertiary/aromatic N) is 1. The van der Waals surface area contributed by atoms with Crippen molar-refractivity contribution in [2.75, 3.05) is 0 Å². The number of ether oxygens (including phenoxy) is 1. The molecule has 1 saturated heterocycles. The van der Waals surface area contributed by atoms with Gasteiger partial charge in [0.1, 0.15) is 24.7 Å². The van der Waals surface area contributed by atoms with Gasteiger partial charge in [-0.05, 0) is 30.2 Å². The number of nitrogens with two attached hydrogens (primary N) is 1. The predicted octanol–water partition coefficient (Wildman–Crippen LogP) is 1.47. The van der Waals surface area contributed by atoms with Gasteiger partial charge in [0.25, 0.3) is 0 Å². The van der Waals surface area contributed by atoms with Gasteiger partial charge in [0, 0.05) is 6.42 Å². The number of imide groups is 1. The molecule has 186 valence electrons. The van der Waals surface area contributed by atoms with Crippen LogP contribution in [0.4, 0.5) is 4.79 Å². The molecule has 0 aliphatic carbocycles. The van der Waals surface area contributed by atoms with Gasteiger partial charge in [-0.2, -0.15) is 0 Å². The highest BCUT2D eigenvalue weighted by Crippen LogP contribution is 2.21. The maximum Gasteiger partial charge on any atom is 0.417 e. The number of nitrogens with one attached hydrogen (secondary N) is 2. The predicted molar refractivity (Wildman–Crippen MR) is 124 cm³/mol. The fourth-order valence-corrected chi connectivity index (χ4v) is 3.71. The lowest BCUT2D eigenvalue weighted by Gasteiger charge is -2.28. The van der Waals surface area contributed by atoms with Crippen molar-refractivity contribution in [3.05, 3.63) is 35.9 Å². The Balaban J connectivity index is 2.06. The Morgan fingerprint density at radius 3 is 2.29 bits per heavy atom. The molecular weight excluding hydrogens is 440 g/mol. The van der Waals surface area contributed by atoms with E-state index in [0.717, 1.165) is 10.5 Å². The van der Waals surface area contributed by atoms with Gasteiger partial charge in [0.2, 0.25) is 23.6 Å². The third kappa shape index (κ3) is 7.29. The monoisotopic (exact) mass is 474 g/mol. The molecule has 2 rings (SSSR count). The van der Waals surface area contributed by atoms with Gasteiger partial charge in [0.15, 0.2) is 0 Å². The van der Waals surface area contributed by atoms with E-state index in [9.17, 15) is 24.0 Å². The lowest BCUT2D eigenvalue weighted by atomic mass is 9.99. The van der Waals surface area contributed by atoms with E-state index in [4.69, 9.17) is 10.5 Å². The average molecular weight is 475 g/mol. The minimum Gasteiger partial charge on any atom is -0.444 e. The molecule has 5 amide bonds. The lowest BCUT2D eigenvalue weighted by Crippen LogP contribution is -2.58. The molecule has 10 nitrogen and oxygen atoms in total. The summed E-state index contributed by atoms with van der Waals surface area (Å²) < 4.78 is 5.23. The van der Waals surface area contributed by atoms with Crippen LogP contribution in [0.1, 0.15) is 52.5 Å². The first-order chi connectivity index (χ1) is 16.0. The average Bonchev–Trinajstić information content (AvgIpc) is 3.16. The summed E-state index contributed by atoms with van der Waals surface area (Å²) in [6.45, 7) is 7.22. The first-order valence-electron chi connectivity index (χ1n) is 11.4. The van der Waals surface area contributed by atoms with Crippen molar-refractivity contribution in [1.82, 2.24) is 15.5 Å².